The van der Waals surface area contributed by atoms with Gasteiger partial charge in [-0.15, -0.1) is 0 Å². The van der Waals surface area contributed by atoms with E-state index in [4.69, 9.17) is 0 Å². The van der Waals surface area contributed by atoms with Crippen LogP contribution in [0.2, 0.25) is 0 Å². The van der Waals surface area contributed by atoms with Crippen molar-refractivity contribution in [2.75, 3.05) is 26.2 Å². The van der Waals surface area contributed by atoms with Crippen LogP contribution in [0.25, 0.3) is 0 Å². The lowest BCUT2D eigenvalue weighted by Crippen LogP contribution is -2.33. The first kappa shape index (κ1) is 6.62. The maximum absolute atomic E-state index is 4.37. The van der Waals surface area contributed by atoms with Crippen LogP contribution in [0.1, 0.15) is 19.3 Å². The van der Waals surface area contributed by atoms with Gasteiger partial charge < -0.3 is 0 Å². The minimum Gasteiger partial charge on any atom is -0.299 e. The van der Waals surface area contributed by atoms with Crippen molar-refractivity contribution in [3.05, 3.63) is 0 Å². The van der Waals surface area contributed by atoms with Crippen molar-refractivity contribution in [2.45, 2.75) is 25.3 Å². The summed E-state index contributed by atoms with van der Waals surface area (Å²) in [6.45, 7) is 4.89. The topological polar surface area (TPSA) is 17.3 Å². The molecule has 2 heteroatoms. The Balaban J connectivity index is 1.85. The number of hydrogen-bond acceptors (Lipinski definition) is 1. The molecule has 10 heavy (non-hydrogen) atoms. The van der Waals surface area contributed by atoms with Gasteiger partial charge in [0.15, 0.2) is 0 Å². The molecule has 1 radical (unpaired) electrons. The van der Waals surface area contributed by atoms with Gasteiger partial charge in [0.1, 0.15) is 0 Å². The molecule has 2 aliphatic rings. The molecule has 2 saturated heterocycles. The highest BCUT2D eigenvalue weighted by molar-refractivity contribution is 4.82. The first-order valence-corrected chi connectivity index (χ1v) is 4.34. The normalized spacial score (nSPS) is 35.4. The van der Waals surface area contributed by atoms with Gasteiger partial charge in [0.05, 0.1) is 0 Å². The largest absolute Gasteiger partial charge is 0.299 e. The van der Waals surface area contributed by atoms with Crippen LogP contribution in [0.4, 0.5) is 0 Å². The summed E-state index contributed by atoms with van der Waals surface area (Å²) in [6.07, 6.45) is 4.15. The third kappa shape index (κ3) is 1.18. The maximum Gasteiger partial charge on any atom is 0.0290 e. The van der Waals surface area contributed by atoms with Crippen LogP contribution in [0.15, 0.2) is 0 Å². The fourth-order valence-electron chi connectivity index (χ4n) is 1.98. The number of nitrogens with zero attached hydrogens (tertiary/aromatic N) is 2. The van der Waals surface area contributed by atoms with E-state index < -0.39 is 0 Å². The lowest BCUT2D eigenvalue weighted by molar-refractivity contribution is 0.258. The standard InChI is InChI=1S/C8H15N2/c1-2-6-10(5-1)8-3-4-9-7-8/h8H,1-7H2/t8-/m1/s1. The Labute approximate surface area is 62.6 Å². The quantitative estimate of drug-likeness (QED) is 0.516. The molecule has 2 aliphatic heterocycles. The van der Waals surface area contributed by atoms with E-state index in [2.05, 4.69) is 10.2 Å². The van der Waals surface area contributed by atoms with E-state index in [1.54, 1.807) is 0 Å². The number of rotatable bonds is 1. The third-order valence-corrected chi connectivity index (χ3v) is 2.62. The molecule has 2 heterocycles. The molecule has 0 N–H and O–H groups in total. The van der Waals surface area contributed by atoms with E-state index in [0.29, 0.717) is 0 Å². The van der Waals surface area contributed by atoms with Crippen molar-refractivity contribution in [1.29, 1.82) is 0 Å². The van der Waals surface area contributed by atoms with Crippen LogP contribution in [0.3, 0.4) is 0 Å². The Morgan fingerprint density at radius 1 is 1.20 bits per heavy atom. The molecule has 0 aromatic carbocycles. The zero-order valence-electron chi connectivity index (χ0n) is 6.42. The van der Waals surface area contributed by atoms with Crippen molar-refractivity contribution < 1.29 is 0 Å². The van der Waals surface area contributed by atoms with Crippen LogP contribution in [0.5, 0.6) is 0 Å². The van der Waals surface area contributed by atoms with Gasteiger partial charge in [0.25, 0.3) is 0 Å². The summed E-state index contributed by atoms with van der Waals surface area (Å²) < 4.78 is 0. The molecule has 0 aliphatic carbocycles. The molecule has 57 valence electrons. The summed E-state index contributed by atoms with van der Waals surface area (Å²) in [6, 6.07) is 0.822. The summed E-state index contributed by atoms with van der Waals surface area (Å²) in [5.41, 5.74) is 0. The van der Waals surface area contributed by atoms with E-state index in [9.17, 15) is 0 Å². The molecule has 0 amide bonds. The molecule has 2 nitrogen and oxygen atoms in total. The van der Waals surface area contributed by atoms with Crippen LogP contribution in [-0.4, -0.2) is 37.1 Å². The zero-order chi connectivity index (χ0) is 6.81. The lowest BCUT2D eigenvalue weighted by Gasteiger charge is -2.21. The minimum atomic E-state index is 0.822. The molecule has 2 fully saturated rings. The van der Waals surface area contributed by atoms with E-state index in [0.717, 1.165) is 19.1 Å². The molecule has 0 aromatic rings. The summed E-state index contributed by atoms with van der Waals surface area (Å²) in [7, 11) is 0. The Hall–Kier alpha value is -0.0800. The van der Waals surface area contributed by atoms with E-state index >= 15 is 0 Å². The monoisotopic (exact) mass is 139 g/mol. The van der Waals surface area contributed by atoms with Gasteiger partial charge in [0, 0.05) is 19.1 Å². The van der Waals surface area contributed by atoms with Crippen LogP contribution >= 0.6 is 0 Å². The van der Waals surface area contributed by atoms with Gasteiger partial charge in [0.2, 0.25) is 0 Å². The van der Waals surface area contributed by atoms with E-state index in [1.165, 1.54) is 32.4 Å². The van der Waals surface area contributed by atoms with Crippen molar-refractivity contribution in [3.63, 3.8) is 0 Å². The van der Waals surface area contributed by atoms with Gasteiger partial charge in [-0.1, -0.05) is 0 Å². The molecule has 1 atom stereocenters. The highest BCUT2D eigenvalue weighted by Crippen LogP contribution is 2.15. The molecule has 0 saturated carbocycles. The number of hydrogen-bond donors (Lipinski definition) is 0. The van der Waals surface area contributed by atoms with Gasteiger partial charge in [-0.25, -0.2) is 5.32 Å². The smallest absolute Gasteiger partial charge is 0.0290 e. The van der Waals surface area contributed by atoms with Crippen LogP contribution < -0.4 is 5.32 Å². The summed E-state index contributed by atoms with van der Waals surface area (Å²) in [4.78, 5) is 2.61. The Bertz CT molecular complexity index is 87.8. The van der Waals surface area contributed by atoms with E-state index in [-0.39, 0.29) is 0 Å². The fraction of sp³-hybridized carbons (Fsp3) is 1.00. The number of likely N-dealkylation sites (tertiary alicyclic amines) is 1. The van der Waals surface area contributed by atoms with Crippen molar-refractivity contribution in [2.24, 2.45) is 0 Å². The predicted octanol–water partition coefficient (Wildman–Crippen LogP) is 0.459. The molecule has 0 unspecified atom stereocenters. The van der Waals surface area contributed by atoms with Gasteiger partial charge in [-0.3, -0.25) is 4.90 Å². The second-order valence-electron chi connectivity index (χ2n) is 3.32. The molecule has 0 spiro atoms. The highest BCUT2D eigenvalue weighted by Gasteiger charge is 2.24. The SMILES string of the molecule is C1CCN([C@@H]2CC[N]C2)C1. The van der Waals surface area contributed by atoms with Crippen molar-refractivity contribution in [1.82, 2.24) is 10.2 Å². The van der Waals surface area contributed by atoms with Crippen molar-refractivity contribution in [3.8, 4) is 0 Å². The average molecular weight is 139 g/mol. The summed E-state index contributed by atoms with van der Waals surface area (Å²) in [5, 5.41) is 4.37. The van der Waals surface area contributed by atoms with Crippen molar-refractivity contribution >= 4 is 0 Å². The second kappa shape index (κ2) is 2.89. The zero-order valence-corrected chi connectivity index (χ0v) is 6.42. The Morgan fingerprint density at radius 3 is 2.60 bits per heavy atom. The molecular formula is C8H15N2. The second-order valence-corrected chi connectivity index (χ2v) is 3.32. The highest BCUT2D eigenvalue weighted by atomic mass is 15.2. The Morgan fingerprint density at radius 2 is 2.00 bits per heavy atom. The minimum absolute atomic E-state index is 0.822. The first-order valence-electron chi connectivity index (χ1n) is 4.34. The first-order chi connectivity index (χ1) is 4.97. The summed E-state index contributed by atoms with van der Waals surface area (Å²) >= 11 is 0. The third-order valence-electron chi connectivity index (χ3n) is 2.62. The van der Waals surface area contributed by atoms with Crippen LogP contribution in [0, 0.1) is 0 Å². The van der Waals surface area contributed by atoms with Crippen LogP contribution in [-0.2, 0) is 0 Å². The predicted molar refractivity (Wildman–Crippen MR) is 41.1 cm³/mol. The van der Waals surface area contributed by atoms with Gasteiger partial charge in [-0.2, -0.15) is 0 Å². The molecule has 0 aromatic heterocycles. The maximum atomic E-state index is 4.37. The average Bonchev–Trinajstić information content (AvgIpc) is 2.59. The van der Waals surface area contributed by atoms with Gasteiger partial charge >= 0.3 is 0 Å². The summed E-state index contributed by atoms with van der Waals surface area (Å²) in [5.74, 6) is 0. The molecule has 0 bridgehead atoms. The molecule has 2 rings (SSSR count). The molecular weight excluding hydrogens is 124 g/mol. The van der Waals surface area contributed by atoms with Gasteiger partial charge in [-0.05, 0) is 32.4 Å². The Kier molecular flexibility index (Phi) is 1.91. The van der Waals surface area contributed by atoms with E-state index in [1.807, 2.05) is 0 Å². The fourth-order valence-corrected chi connectivity index (χ4v) is 1.98. The lowest BCUT2D eigenvalue weighted by atomic mass is 10.2.